The lowest BCUT2D eigenvalue weighted by atomic mass is 9.93. The van der Waals surface area contributed by atoms with Crippen molar-refractivity contribution in [2.75, 3.05) is 128 Å². The first-order valence-corrected chi connectivity index (χ1v) is 14.1. The maximum atomic E-state index is 14.0. The zero-order valence-electron chi connectivity index (χ0n) is 22.7. The average Bonchev–Trinajstić information content (AvgIpc) is 2.96. The lowest BCUT2D eigenvalue weighted by Crippen LogP contribution is -2.50. The van der Waals surface area contributed by atoms with Crippen LogP contribution < -0.4 is 9.80 Å². The Morgan fingerprint density at radius 3 is 1.59 bits per heavy atom. The van der Waals surface area contributed by atoms with E-state index < -0.39 is 0 Å². The van der Waals surface area contributed by atoms with Crippen LogP contribution >= 0.6 is 0 Å². The Morgan fingerprint density at radius 1 is 0.641 bits per heavy atom. The fourth-order valence-electron chi connectivity index (χ4n) is 6.00. The van der Waals surface area contributed by atoms with Crippen molar-refractivity contribution in [2.24, 2.45) is 0 Å². The first-order valence-electron chi connectivity index (χ1n) is 14.1. The van der Waals surface area contributed by atoms with Crippen LogP contribution in [0, 0.1) is 0 Å². The average molecular weight is 544 g/mol. The summed E-state index contributed by atoms with van der Waals surface area (Å²) in [4.78, 5) is 45.2. The van der Waals surface area contributed by atoms with Crippen molar-refractivity contribution in [3.8, 4) is 0 Å². The van der Waals surface area contributed by atoms with Crippen LogP contribution in [0.15, 0.2) is 17.8 Å². The van der Waals surface area contributed by atoms with Gasteiger partial charge in [-0.05, 0) is 0 Å². The fourth-order valence-corrected chi connectivity index (χ4v) is 6.00. The van der Waals surface area contributed by atoms with E-state index in [2.05, 4.69) is 24.5 Å². The zero-order valence-corrected chi connectivity index (χ0v) is 22.7. The summed E-state index contributed by atoms with van der Waals surface area (Å²) in [7, 11) is 0. The summed E-state index contributed by atoms with van der Waals surface area (Å²) in [6.07, 6.45) is 1.46. The van der Waals surface area contributed by atoms with Crippen molar-refractivity contribution in [3.05, 3.63) is 29.1 Å². The topological polar surface area (TPSA) is 127 Å². The van der Waals surface area contributed by atoms with Crippen LogP contribution in [-0.4, -0.2) is 169 Å². The molecule has 12 nitrogen and oxygen atoms in total. The number of β-amino-alcohol motifs (C(OH)–C–C–N with tert-alkyl or cyclic N) is 3. The summed E-state index contributed by atoms with van der Waals surface area (Å²) in [5.74, 6) is 0.318. The van der Waals surface area contributed by atoms with E-state index in [-0.39, 0.29) is 37.1 Å². The number of aliphatic hydroxyl groups excluding tert-OH is 3. The maximum Gasteiger partial charge on any atom is 0.213 e. The minimum Gasteiger partial charge on any atom is -0.395 e. The molecular weight excluding hydrogens is 502 g/mol. The van der Waals surface area contributed by atoms with Gasteiger partial charge in [0.2, 0.25) is 11.6 Å². The number of ketones is 2. The number of aromatic nitrogens is 1. The number of aliphatic hydroxyl groups is 3. The van der Waals surface area contributed by atoms with Crippen LogP contribution in [0.4, 0.5) is 11.5 Å². The SMILES string of the molecule is O=C1C=C(N2CCN(CCO)CC2)C(=O)c2c(N3CCN(CCO)CC3)cc(N3CCN(CCO)CC3)nc21. The summed E-state index contributed by atoms with van der Waals surface area (Å²) in [6.45, 7) is 10.9. The molecule has 12 heteroatoms. The smallest absolute Gasteiger partial charge is 0.213 e. The number of pyridine rings is 1. The Balaban J connectivity index is 1.44. The predicted molar refractivity (Wildman–Crippen MR) is 148 cm³/mol. The molecule has 3 aliphatic heterocycles. The molecule has 1 aromatic heterocycles. The normalized spacial score (nSPS) is 21.9. The van der Waals surface area contributed by atoms with E-state index >= 15 is 0 Å². The molecular formula is C27H41N7O5. The molecule has 0 unspecified atom stereocenters. The number of nitrogens with zero attached hydrogens (tertiary/aromatic N) is 7. The molecule has 3 N–H and O–H groups in total. The summed E-state index contributed by atoms with van der Waals surface area (Å²) >= 11 is 0. The minimum atomic E-state index is -0.238. The van der Waals surface area contributed by atoms with Gasteiger partial charge in [0.15, 0.2) is 0 Å². The van der Waals surface area contributed by atoms with Gasteiger partial charge in [0.1, 0.15) is 11.5 Å². The number of hydrogen-bond donors (Lipinski definition) is 3. The van der Waals surface area contributed by atoms with Gasteiger partial charge in [-0.2, -0.15) is 0 Å². The molecule has 3 saturated heterocycles. The first-order chi connectivity index (χ1) is 19.0. The number of carbonyl (C=O) groups is 2. The van der Waals surface area contributed by atoms with Gasteiger partial charge in [0.25, 0.3) is 0 Å². The lowest BCUT2D eigenvalue weighted by Gasteiger charge is -2.40. The third-order valence-corrected chi connectivity index (χ3v) is 8.32. The number of fused-ring (bicyclic) bond motifs is 1. The highest BCUT2D eigenvalue weighted by atomic mass is 16.3. The van der Waals surface area contributed by atoms with E-state index in [0.29, 0.717) is 62.9 Å². The molecule has 0 radical (unpaired) electrons. The van der Waals surface area contributed by atoms with Gasteiger partial charge in [0.05, 0.1) is 36.8 Å². The maximum absolute atomic E-state index is 14.0. The number of hydrogen-bond acceptors (Lipinski definition) is 12. The van der Waals surface area contributed by atoms with Gasteiger partial charge in [-0.15, -0.1) is 0 Å². The first kappa shape index (κ1) is 27.9. The van der Waals surface area contributed by atoms with Gasteiger partial charge >= 0.3 is 0 Å². The van der Waals surface area contributed by atoms with E-state index in [1.54, 1.807) is 0 Å². The summed E-state index contributed by atoms with van der Waals surface area (Å²) < 4.78 is 0. The van der Waals surface area contributed by atoms with Gasteiger partial charge in [-0.1, -0.05) is 0 Å². The molecule has 0 atom stereocenters. The summed E-state index contributed by atoms with van der Waals surface area (Å²) in [5.41, 5.74) is 1.82. The third kappa shape index (κ3) is 6.11. The van der Waals surface area contributed by atoms with Crippen LogP contribution in [0.5, 0.6) is 0 Å². The van der Waals surface area contributed by atoms with Crippen molar-refractivity contribution in [2.45, 2.75) is 0 Å². The molecule has 0 aromatic carbocycles. The van der Waals surface area contributed by atoms with Crippen LogP contribution in [0.1, 0.15) is 20.8 Å². The number of rotatable bonds is 9. The largest absolute Gasteiger partial charge is 0.395 e. The molecule has 39 heavy (non-hydrogen) atoms. The van der Waals surface area contributed by atoms with Gasteiger partial charge in [-0.3, -0.25) is 24.3 Å². The van der Waals surface area contributed by atoms with Crippen LogP contribution in [0.3, 0.4) is 0 Å². The van der Waals surface area contributed by atoms with E-state index in [0.717, 1.165) is 58.0 Å². The number of carbonyl (C=O) groups excluding carboxylic acids is 2. The fraction of sp³-hybridized carbons (Fsp3) is 0.667. The molecule has 5 rings (SSSR count). The molecule has 1 aromatic rings. The Hall–Kier alpha value is -2.61. The van der Waals surface area contributed by atoms with Crippen molar-refractivity contribution < 1.29 is 24.9 Å². The van der Waals surface area contributed by atoms with Gasteiger partial charge in [0, 0.05) is 110 Å². The molecule has 0 spiro atoms. The Morgan fingerprint density at radius 2 is 1.10 bits per heavy atom. The second-order valence-corrected chi connectivity index (χ2v) is 10.6. The van der Waals surface area contributed by atoms with E-state index in [1.165, 1.54) is 6.08 Å². The highest BCUT2D eigenvalue weighted by Gasteiger charge is 2.36. The summed E-state index contributed by atoms with van der Waals surface area (Å²) in [6, 6.07) is 1.98. The number of anilines is 2. The molecule has 214 valence electrons. The second kappa shape index (κ2) is 12.7. The van der Waals surface area contributed by atoms with Crippen LogP contribution in [-0.2, 0) is 0 Å². The van der Waals surface area contributed by atoms with E-state index in [1.807, 2.05) is 11.0 Å². The van der Waals surface area contributed by atoms with Crippen molar-refractivity contribution in [1.29, 1.82) is 0 Å². The Labute approximate surface area is 229 Å². The highest BCUT2D eigenvalue weighted by Crippen LogP contribution is 2.35. The second-order valence-electron chi connectivity index (χ2n) is 10.6. The third-order valence-electron chi connectivity index (χ3n) is 8.32. The number of piperazine rings is 3. The molecule has 0 bridgehead atoms. The molecule has 1 aliphatic carbocycles. The Bertz CT molecular complexity index is 1060. The molecule has 0 saturated carbocycles. The predicted octanol–water partition coefficient (Wildman–Crippen LogP) is -1.82. The van der Waals surface area contributed by atoms with Gasteiger partial charge in [-0.25, -0.2) is 4.98 Å². The Kier molecular flexibility index (Phi) is 9.10. The molecule has 4 aliphatic rings. The van der Waals surface area contributed by atoms with E-state index in [4.69, 9.17) is 4.98 Å². The monoisotopic (exact) mass is 543 g/mol. The molecule has 0 amide bonds. The van der Waals surface area contributed by atoms with Crippen molar-refractivity contribution >= 4 is 23.1 Å². The number of allylic oxidation sites excluding steroid dienone is 2. The van der Waals surface area contributed by atoms with Crippen LogP contribution in [0.25, 0.3) is 0 Å². The van der Waals surface area contributed by atoms with Gasteiger partial charge < -0.3 is 30.0 Å². The number of Topliss-reactive ketones (excluding diaryl/α,β-unsaturated/α-hetero) is 1. The molecule has 4 heterocycles. The minimum absolute atomic E-state index is 0.104. The van der Waals surface area contributed by atoms with Crippen molar-refractivity contribution in [3.63, 3.8) is 0 Å². The highest BCUT2D eigenvalue weighted by molar-refractivity contribution is 6.26. The summed E-state index contributed by atoms with van der Waals surface area (Å²) in [5, 5.41) is 27.9. The zero-order chi connectivity index (χ0) is 27.4. The lowest BCUT2D eigenvalue weighted by molar-refractivity contribution is 0.0897. The van der Waals surface area contributed by atoms with Crippen molar-refractivity contribution in [1.82, 2.24) is 24.6 Å². The molecule has 3 fully saturated rings. The quantitative estimate of drug-likeness (QED) is 0.325. The standard InChI is InChI=1S/C27H41N7O5/c35-16-13-29-1-7-32(8-2-29)21-20-24(34-11-5-31(6-12-34)15-18-37)28-26-23(38)19-22(27(39)25(21)26)33-9-3-30(4-10-33)14-17-36/h19-20,35-37H,1-18H2. The van der Waals surface area contributed by atoms with Crippen LogP contribution in [0.2, 0.25) is 0 Å². The van der Waals surface area contributed by atoms with E-state index in [9.17, 15) is 24.9 Å².